The molecule has 1 aliphatic carbocycles. The highest BCUT2D eigenvalue weighted by atomic mass is 32.1. The first-order valence-electron chi connectivity index (χ1n) is 11.4. The van der Waals surface area contributed by atoms with E-state index in [2.05, 4.69) is 23.2 Å². The van der Waals surface area contributed by atoms with Gasteiger partial charge in [-0.25, -0.2) is 4.99 Å². The molecular weight excluding hydrogens is 458 g/mol. The number of benzene rings is 2. The third-order valence-electron chi connectivity index (χ3n) is 6.61. The Morgan fingerprint density at radius 2 is 1.86 bits per heavy atom. The second kappa shape index (κ2) is 8.67. The summed E-state index contributed by atoms with van der Waals surface area (Å²) in [5.41, 5.74) is 6.25. The Labute approximate surface area is 206 Å². The summed E-state index contributed by atoms with van der Waals surface area (Å²) in [6, 6.07) is 17.6. The Bertz CT molecular complexity index is 1650. The highest BCUT2D eigenvalue weighted by Crippen LogP contribution is 2.44. The van der Waals surface area contributed by atoms with Gasteiger partial charge in [-0.1, -0.05) is 35.6 Å². The Morgan fingerprint density at radius 1 is 1.03 bits per heavy atom. The number of nitrogens with zero attached hydrogens (tertiary/aromatic N) is 3. The molecular formula is C28H23N3O3S. The van der Waals surface area contributed by atoms with Crippen LogP contribution in [0.15, 0.2) is 82.4 Å². The number of rotatable bonds is 4. The molecule has 1 aliphatic heterocycles. The second-order valence-corrected chi connectivity index (χ2v) is 9.51. The molecule has 2 aromatic carbocycles. The van der Waals surface area contributed by atoms with Crippen molar-refractivity contribution in [3.63, 3.8) is 0 Å². The van der Waals surface area contributed by atoms with Gasteiger partial charge in [-0.2, -0.15) is 0 Å². The summed E-state index contributed by atoms with van der Waals surface area (Å²) >= 11 is 1.41. The van der Waals surface area contributed by atoms with Gasteiger partial charge in [-0.05, 0) is 65.9 Å². The lowest BCUT2D eigenvalue weighted by atomic mass is 9.83. The van der Waals surface area contributed by atoms with E-state index in [1.165, 1.54) is 16.9 Å². The molecule has 0 bridgehead atoms. The molecule has 0 N–H and O–H groups in total. The number of hydrogen-bond acceptors (Lipinski definition) is 6. The van der Waals surface area contributed by atoms with E-state index in [0.717, 1.165) is 46.6 Å². The van der Waals surface area contributed by atoms with Gasteiger partial charge in [-0.15, -0.1) is 0 Å². The maximum atomic E-state index is 13.8. The predicted molar refractivity (Wildman–Crippen MR) is 137 cm³/mol. The lowest BCUT2D eigenvalue weighted by molar-refractivity contribution is 0.392. The van der Waals surface area contributed by atoms with Gasteiger partial charge in [0.25, 0.3) is 5.56 Å². The first-order valence-corrected chi connectivity index (χ1v) is 12.2. The molecule has 0 saturated heterocycles. The molecule has 3 heterocycles. The maximum Gasteiger partial charge on any atom is 0.271 e. The van der Waals surface area contributed by atoms with Crippen molar-refractivity contribution in [2.45, 2.75) is 18.9 Å². The average molecular weight is 482 g/mol. The standard InChI is InChI=1S/C28H23N3O3S/c1-33-19-8-10-23(34-2)22(16-19)26-21-9-7-18-5-3-4-6-20(18)25(21)30-28-31(26)27(32)24(35-28)15-17-11-13-29-14-12-17/h3-6,8,10-16,26H,7,9H2,1-2H3/b24-15+/t26-/m1/s1. The Kier molecular flexibility index (Phi) is 5.34. The number of thiazole rings is 1. The summed E-state index contributed by atoms with van der Waals surface area (Å²) in [4.78, 5) is 23.7. The van der Waals surface area contributed by atoms with Crippen LogP contribution in [0.3, 0.4) is 0 Å². The summed E-state index contributed by atoms with van der Waals surface area (Å²) in [5.74, 6) is 1.43. The van der Waals surface area contributed by atoms with Crippen molar-refractivity contribution in [3.8, 4) is 11.5 Å². The molecule has 0 unspecified atom stereocenters. The van der Waals surface area contributed by atoms with Crippen molar-refractivity contribution in [3.05, 3.63) is 115 Å². The third-order valence-corrected chi connectivity index (χ3v) is 7.59. The van der Waals surface area contributed by atoms with Gasteiger partial charge < -0.3 is 9.47 Å². The molecule has 7 heteroatoms. The lowest BCUT2D eigenvalue weighted by Crippen LogP contribution is -2.39. The largest absolute Gasteiger partial charge is 0.497 e. The third kappa shape index (κ3) is 3.59. The van der Waals surface area contributed by atoms with E-state index >= 15 is 0 Å². The first kappa shape index (κ1) is 21.6. The zero-order valence-corrected chi connectivity index (χ0v) is 20.2. The normalized spacial score (nSPS) is 16.7. The molecule has 6 nitrogen and oxygen atoms in total. The molecule has 0 spiro atoms. The van der Waals surface area contributed by atoms with Gasteiger partial charge in [0.15, 0.2) is 4.80 Å². The molecule has 2 aromatic heterocycles. The van der Waals surface area contributed by atoms with Gasteiger partial charge >= 0.3 is 0 Å². The van der Waals surface area contributed by atoms with Crippen molar-refractivity contribution in [1.29, 1.82) is 0 Å². The molecule has 0 radical (unpaired) electrons. The molecule has 4 aromatic rings. The minimum Gasteiger partial charge on any atom is -0.497 e. The predicted octanol–water partition coefficient (Wildman–Crippen LogP) is 3.73. The summed E-state index contributed by atoms with van der Waals surface area (Å²) in [5, 5.41) is 0. The minimum atomic E-state index is -0.334. The van der Waals surface area contributed by atoms with Gasteiger partial charge in [0.05, 0.1) is 30.5 Å². The quantitative estimate of drug-likeness (QED) is 0.446. The van der Waals surface area contributed by atoms with Crippen LogP contribution in [0.5, 0.6) is 11.5 Å². The first-order chi connectivity index (χ1) is 17.2. The molecule has 35 heavy (non-hydrogen) atoms. The number of allylic oxidation sites excluding steroid dienone is 1. The molecule has 6 rings (SSSR count). The van der Waals surface area contributed by atoms with Crippen LogP contribution in [0.1, 0.15) is 34.7 Å². The van der Waals surface area contributed by atoms with E-state index in [-0.39, 0.29) is 11.6 Å². The number of aromatic nitrogens is 2. The van der Waals surface area contributed by atoms with Gasteiger partial charge in [0.1, 0.15) is 11.5 Å². The Morgan fingerprint density at radius 3 is 2.66 bits per heavy atom. The monoisotopic (exact) mass is 481 g/mol. The van der Waals surface area contributed by atoms with Crippen LogP contribution in [-0.2, 0) is 6.42 Å². The van der Waals surface area contributed by atoms with Crippen LogP contribution in [0.25, 0.3) is 11.8 Å². The zero-order chi connectivity index (χ0) is 23.9. The fraction of sp³-hybridized carbons (Fsp3) is 0.179. The van der Waals surface area contributed by atoms with E-state index < -0.39 is 0 Å². The molecule has 174 valence electrons. The number of methoxy groups -OCH3 is 2. The van der Waals surface area contributed by atoms with Crippen LogP contribution >= 0.6 is 11.3 Å². The van der Waals surface area contributed by atoms with Crippen LogP contribution in [-0.4, -0.2) is 23.8 Å². The molecule has 0 fully saturated rings. The molecule has 0 saturated carbocycles. The van der Waals surface area contributed by atoms with E-state index in [9.17, 15) is 4.79 Å². The fourth-order valence-corrected chi connectivity index (χ4v) is 5.96. The van der Waals surface area contributed by atoms with Crippen LogP contribution < -0.4 is 24.4 Å². The van der Waals surface area contributed by atoms with E-state index in [4.69, 9.17) is 14.5 Å². The molecule has 2 aliphatic rings. The van der Waals surface area contributed by atoms with Gasteiger partial charge in [0, 0.05) is 23.5 Å². The summed E-state index contributed by atoms with van der Waals surface area (Å²) < 4.78 is 13.8. The smallest absolute Gasteiger partial charge is 0.271 e. The van der Waals surface area contributed by atoms with Crippen molar-refractivity contribution in [1.82, 2.24) is 9.55 Å². The Balaban J connectivity index is 1.67. The minimum absolute atomic E-state index is 0.0640. The van der Waals surface area contributed by atoms with Crippen molar-refractivity contribution in [2.75, 3.05) is 14.2 Å². The fourth-order valence-electron chi connectivity index (χ4n) is 4.96. The average Bonchev–Trinajstić information content (AvgIpc) is 3.21. The number of aryl methyl sites for hydroxylation is 1. The van der Waals surface area contributed by atoms with Crippen molar-refractivity contribution in [2.24, 2.45) is 4.99 Å². The van der Waals surface area contributed by atoms with Gasteiger partial charge in [-0.3, -0.25) is 14.3 Å². The van der Waals surface area contributed by atoms with E-state index in [1.54, 1.807) is 26.6 Å². The van der Waals surface area contributed by atoms with Crippen molar-refractivity contribution >= 4 is 23.1 Å². The number of fused-ring (bicyclic) bond motifs is 3. The summed E-state index contributed by atoms with van der Waals surface area (Å²) in [6.45, 7) is 0. The summed E-state index contributed by atoms with van der Waals surface area (Å²) in [7, 11) is 3.30. The SMILES string of the molecule is COc1ccc(OC)c([C@H]2C3=C(N=c4s/c(=C/c5ccncc5)c(=O)n42)c2ccccc2CC3)c1. The number of hydrogen-bond donors (Lipinski definition) is 0. The topological polar surface area (TPSA) is 65.7 Å². The number of pyridine rings is 1. The lowest BCUT2D eigenvalue weighted by Gasteiger charge is -2.31. The van der Waals surface area contributed by atoms with E-state index in [1.807, 2.05) is 47.0 Å². The summed E-state index contributed by atoms with van der Waals surface area (Å²) in [6.07, 6.45) is 7.07. The highest BCUT2D eigenvalue weighted by Gasteiger charge is 2.34. The van der Waals surface area contributed by atoms with Crippen LogP contribution in [0.4, 0.5) is 0 Å². The number of ether oxygens (including phenoxy) is 2. The second-order valence-electron chi connectivity index (χ2n) is 8.50. The maximum absolute atomic E-state index is 13.8. The molecule has 0 amide bonds. The Hall–Kier alpha value is -3.97. The highest BCUT2D eigenvalue weighted by molar-refractivity contribution is 7.07. The van der Waals surface area contributed by atoms with Crippen LogP contribution in [0.2, 0.25) is 0 Å². The zero-order valence-electron chi connectivity index (χ0n) is 19.4. The molecule has 1 atom stereocenters. The van der Waals surface area contributed by atoms with E-state index in [0.29, 0.717) is 15.1 Å². The van der Waals surface area contributed by atoms with Crippen LogP contribution in [0, 0.1) is 0 Å². The van der Waals surface area contributed by atoms with Crippen molar-refractivity contribution < 1.29 is 9.47 Å². The van der Waals surface area contributed by atoms with Gasteiger partial charge in [0.2, 0.25) is 0 Å².